The normalized spacial score (nSPS) is 19.1. The summed E-state index contributed by atoms with van der Waals surface area (Å²) >= 11 is 0. The molecule has 3 aromatic rings. The van der Waals surface area contributed by atoms with Crippen molar-refractivity contribution < 1.29 is 14.3 Å². The summed E-state index contributed by atoms with van der Waals surface area (Å²) in [5.41, 5.74) is 3.28. The highest BCUT2D eigenvalue weighted by atomic mass is 16.5. The summed E-state index contributed by atoms with van der Waals surface area (Å²) in [5, 5.41) is 12.0. The van der Waals surface area contributed by atoms with E-state index in [0.717, 1.165) is 69.3 Å². The van der Waals surface area contributed by atoms with Crippen LogP contribution in [0, 0.1) is 11.3 Å². The molecule has 0 saturated carbocycles. The van der Waals surface area contributed by atoms with E-state index in [1.165, 1.54) is 22.5 Å². The number of rotatable bonds is 9. The molecule has 3 aliphatic rings. The second-order valence-electron chi connectivity index (χ2n) is 11.3. The third-order valence-corrected chi connectivity index (χ3v) is 8.65. The summed E-state index contributed by atoms with van der Waals surface area (Å²) in [7, 11) is 0. The van der Waals surface area contributed by atoms with Gasteiger partial charge in [-0.3, -0.25) is 9.69 Å². The summed E-state index contributed by atoms with van der Waals surface area (Å²) < 4.78 is 11.7. The molecule has 224 valence electrons. The molecule has 1 amide bonds. The molecule has 1 unspecified atom stereocenters. The maximum atomic E-state index is 12.5. The van der Waals surface area contributed by atoms with Crippen LogP contribution in [0.15, 0.2) is 55.1 Å². The minimum atomic E-state index is -0.233. The van der Waals surface area contributed by atoms with E-state index >= 15 is 0 Å². The standard InChI is InChI=1S/C33H39N7O3/c1-2-31(41)40-17-16-39(23-26(40)11-13-34)32-28-12-15-38(30-10-5-8-25-7-3-4-9-27(25)30)24-29(28)35-33(36-32)43-20-6-14-37-18-21-42-22-19-37/h2-5,7-10,26H,1,6,11-12,14-24H2. The van der Waals surface area contributed by atoms with Gasteiger partial charge in [0.05, 0.1) is 50.6 Å². The lowest BCUT2D eigenvalue weighted by Gasteiger charge is -2.42. The van der Waals surface area contributed by atoms with Gasteiger partial charge in [-0.2, -0.15) is 15.2 Å². The molecule has 10 nitrogen and oxygen atoms in total. The minimum Gasteiger partial charge on any atom is -0.463 e. The molecule has 2 aromatic carbocycles. The first-order valence-corrected chi connectivity index (χ1v) is 15.2. The van der Waals surface area contributed by atoms with Crippen LogP contribution < -0.4 is 14.5 Å². The molecule has 43 heavy (non-hydrogen) atoms. The van der Waals surface area contributed by atoms with Crippen LogP contribution in [0.25, 0.3) is 10.8 Å². The molecule has 0 N–H and O–H groups in total. The molecule has 6 rings (SSSR count). The number of piperazine rings is 1. The number of benzene rings is 2. The number of amides is 1. The molecule has 0 spiro atoms. The van der Waals surface area contributed by atoms with Gasteiger partial charge in [-0.15, -0.1) is 0 Å². The van der Waals surface area contributed by atoms with Crippen molar-refractivity contribution >= 4 is 28.2 Å². The molecule has 1 aromatic heterocycles. The van der Waals surface area contributed by atoms with Gasteiger partial charge in [0.25, 0.3) is 0 Å². The van der Waals surface area contributed by atoms with Gasteiger partial charge >= 0.3 is 6.01 Å². The average molecular weight is 582 g/mol. The van der Waals surface area contributed by atoms with Gasteiger partial charge in [-0.25, -0.2) is 0 Å². The zero-order valence-electron chi connectivity index (χ0n) is 24.7. The van der Waals surface area contributed by atoms with Gasteiger partial charge in [0.2, 0.25) is 5.91 Å². The summed E-state index contributed by atoms with van der Waals surface area (Å²) in [5.74, 6) is 0.721. The molecular formula is C33H39N7O3. The van der Waals surface area contributed by atoms with Crippen molar-refractivity contribution in [3.63, 3.8) is 0 Å². The maximum Gasteiger partial charge on any atom is 0.318 e. The summed E-state index contributed by atoms with van der Waals surface area (Å²) in [6.45, 7) is 11.7. The Balaban J connectivity index is 1.26. The average Bonchev–Trinajstić information content (AvgIpc) is 3.06. The largest absolute Gasteiger partial charge is 0.463 e. The smallest absolute Gasteiger partial charge is 0.318 e. The molecular weight excluding hydrogens is 542 g/mol. The summed E-state index contributed by atoms with van der Waals surface area (Å²) in [4.78, 5) is 31.2. The van der Waals surface area contributed by atoms with Gasteiger partial charge in [0, 0.05) is 62.5 Å². The van der Waals surface area contributed by atoms with E-state index in [1.54, 1.807) is 4.90 Å². The quantitative estimate of drug-likeness (QED) is 0.278. The SMILES string of the molecule is C=CC(=O)N1CCN(c2nc(OCCCN3CCOCC3)nc3c2CCN(c2cccc4ccccc24)C3)CC1CC#N. The Morgan fingerprint density at radius 3 is 2.74 bits per heavy atom. The number of nitriles is 1. The molecule has 10 heteroatoms. The van der Waals surface area contributed by atoms with Crippen LogP contribution in [-0.2, 0) is 22.5 Å². The number of hydrogen-bond acceptors (Lipinski definition) is 9. The van der Waals surface area contributed by atoms with Crippen LogP contribution >= 0.6 is 0 Å². The highest BCUT2D eigenvalue weighted by molar-refractivity contribution is 5.94. The Bertz CT molecular complexity index is 1490. The minimum absolute atomic E-state index is 0.139. The molecule has 0 radical (unpaired) electrons. The van der Waals surface area contributed by atoms with Gasteiger partial charge < -0.3 is 24.2 Å². The van der Waals surface area contributed by atoms with Crippen LogP contribution in [0.1, 0.15) is 24.1 Å². The molecule has 0 aliphatic carbocycles. The second kappa shape index (κ2) is 13.4. The Labute approximate surface area is 253 Å². The Morgan fingerprint density at radius 2 is 1.91 bits per heavy atom. The highest BCUT2D eigenvalue weighted by Crippen LogP contribution is 2.34. The third kappa shape index (κ3) is 6.43. The lowest BCUT2D eigenvalue weighted by atomic mass is 10.0. The zero-order chi connectivity index (χ0) is 29.6. The van der Waals surface area contributed by atoms with E-state index in [9.17, 15) is 10.1 Å². The van der Waals surface area contributed by atoms with Crippen LogP contribution in [0.2, 0.25) is 0 Å². The molecule has 1 atom stereocenters. The second-order valence-corrected chi connectivity index (χ2v) is 11.3. The highest BCUT2D eigenvalue weighted by Gasteiger charge is 2.33. The van der Waals surface area contributed by atoms with Crippen molar-refractivity contribution in [3.8, 4) is 12.1 Å². The first kappa shape index (κ1) is 28.9. The topological polar surface area (TPSA) is 98.1 Å². The fraction of sp³-hybridized carbons (Fsp3) is 0.455. The molecule has 3 aliphatic heterocycles. The molecule has 2 fully saturated rings. The molecule has 4 heterocycles. The van der Waals surface area contributed by atoms with E-state index in [4.69, 9.17) is 19.4 Å². The number of aromatic nitrogens is 2. The summed E-state index contributed by atoms with van der Waals surface area (Å²) in [6, 6.07) is 17.3. The van der Waals surface area contributed by atoms with Crippen molar-refractivity contribution in [1.29, 1.82) is 5.26 Å². The fourth-order valence-corrected chi connectivity index (χ4v) is 6.42. The van der Waals surface area contributed by atoms with E-state index in [0.29, 0.717) is 38.8 Å². The molecule has 2 saturated heterocycles. The lowest BCUT2D eigenvalue weighted by Crippen LogP contribution is -2.55. The van der Waals surface area contributed by atoms with Gasteiger partial charge in [0.1, 0.15) is 5.82 Å². The van der Waals surface area contributed by atoms with Gasteiger partial charge in [-0.1, -0.05) is 43.0 Å². The predicted molar refractivity (Wildman–Crippen MR) is 166 cm³/mol. The fourth-order valence-electron chi connectivity index (χ4n) is 6.42. The van der Waals surface area contributed by atoms with E-state index < -0.39 is 0 Å². The lowest BCUT2D eigenvalue weighted by molar-refractivity contribution is -0.128. The third-order valence-electron chi connectivity index (χ3n) is 8.65. The van der Waals surface area contributed by atoms with E-state index in [1.807, 2.05) is 0 Å². The number of carbonyl (C=O) groups excluding carboxylic acids is 1. The number of carbonyl (C=O) groups is 1. The maximum absolute atomic E-state index is 12.5. The number of nitrogens with zero attached hydrogens (tertiary/aromatic N) is 7. The van der Waals surface area contributed by atoms with Crippen LogP contribution in [0.4, 0.5) is 11.5 Å². The number of morpholine rings is 1. The van der Waals surface area contributed by atoms with Gasteiger partial charge in [0.15, 0.2) is 0 Å². The van der Waals surface area contributed by atoms with Crippen molar-refractivity contribution in [2.24, 2.45) is 0 Å². The summed E-state index contributed by atoms with van der Waals surface area (Å²) in [6.07, 6.45) is 3.25. The van der Waals surface area contributed by atoms with Crippen LogP contribution in [0.3, 0.4) is 0 Å². The number of ether oxygens (including phenoxy) is 2. The Morgan fingerprint density at radius 1 is 1.07 bits per heavy atom. The number of fused-ring (bicyclic) bond motifs is 2. The Kier molecular flexibility index (Phi) is 9.01. The van der Waals surface area contributed by atoms with E-state index in [-0.39, 0.29) is 18.4 Å². The monoisotopic (exact) mass is 581 g/mol. The van der Waals surface area contributed by atoms with Crippen LogP contribution in [0.5, 0.6) is 6.01 Å². The zero-order valence-corrected chi connectivity index (χ0v) is 24.7. The van der Waals surface area contributed by atoms with Crippen molar-refractivity contribution in [2.75, 3.05) is 75.4 Å². The predicted octanol–water partition coefficient (Wildman–Crippen LogP) is 3.41. The van der Waals surface area contributed by atoms with Gasteiger partial charge in [-0.05, 0) is 30.4 Å². The molecule has 0 bridgehead atoms. The van der Waals surface area contributed by atoms with Crippen molar-refractivity contribution in [2.45, 2.75) is 31.8 Å². The first-order valence-electron chi connectivity index (χ1n) is 15.2. The van der Waals surface area contributed by atoms with E-state index in [2.05, 4.69) is 69.8 Å². The Hall–Kier alpha value is -4.20. The first-order chi connectivity index (χ1) is 21.1. The number of hydrogen-bond donors (Lipinski definition) is 0. The van der Waals surface area contributed by atoms with Crippen molar-refractivity contribution in [3.05, 3.63) is 66.4 Å². The van der Waals surface area contributed by atoms with Crippen molar-refractivity contribution in [1.82, 2.24) is 19.8 Å². The number of anilines is 2. The van der Waals surface area contributed by atoms with Crippen LogP contribution in [-0.4, -0.2) is 97.4 Å².